The van der Waals surface area contributed by atoms with Crippen LogP contribution in [0.4, 0.5) is 0 Å². The van der Waals surface area contributed by atoms with Crippen molar-refractivity contribution < 1.29 is 14.1 Å². The normalized spacial score (nSPS) is 19.5. The number of carbonyl (C=O) groups excluding carboxylic acids is 1. The van der Waals surface area contributed by atoms with Crippen LogP contribution >= 0.6 is 11.3 Å². The summed E-state index contributed by atoms with van der Waals surface area (Å²) in [5.74, 6) is 0.897. The van der Waals surface area contributed by atoms with E-state index in [0.717, 1.165) is 56.0 Å². The number of likely N-dealkylation sites (tertiary alicyclic amines) is 1. The lowest BCUT2D eigenvalue weighted by Gasteiger charge is -2.44. The summed E-state index contributed by atoms with van der Waals surface area (Å²) in [7, 11) is 0. The van der Waals surface area contributed by atoms with Crippen molar-refractivity contribution in [2.45, 2.75) is 45.1 Å². The van der Waals surface area contributed by atoms with E-state index in [4.69, 9.17) is 9.26 Å². The van der Waals surface area contributed by atoms with Gasteiger partial charge in [0, 0.05) is 30.0 Å². The monoisotopic (exact) mass is 346 g/mol. The predicted octanol–water partition coefficient (Wildman–Crippen LogP) is 2.99. The minimum atomic E-state index is -0.173. The van der Waals surface area contributed by atoms with E-state index in [1.165, 1.54) is 10.4 Å². The Morgan fingerprint density at radius 3 is 2.88 bits per heavy atom. The van der Waals surface area contributed by atoms with Gasteiger partial charge in [0.25, 0.3) is 0 Å². The SMILES string of the molecule is Cc1noc(C)c1CC(=O)N1CCC2(CC1)OCCc1sccc12. The molecule has 2 aliphatic rings. The van der Waals surface area contributed by atoms with Crippen LogP contribution in [0, 0.1) is 13.8 Å². The third-order valence-corrected chi connectivity index (χ3v) is 6.36. The Hall–Kier alpha value is -1.66. The van der Waals surface area contributed by atoms with Crippen LogP contribution < -0.4 is 0 Å². The Kier molecular flexibility index (Phi) is 3.96. The molecule has 1 spiro atoms. The Bertz CT molecular complexity index is 737. The summed E-state index contributed by atoms with van der Waals surface area (Å²) in [5.41, 5.74) is 2.92. The molecule has 0 aromatic carbocycles. The zero-order valence-corrected chi connectivity index (χ0v) is 14.9. The summed E-state index contributed by atoms with van der Waals surface area (Å²) in [4.78, 5) is 16.1. The molecule has 24 heavy (non-hydrogen) atoms. The minimum absolute atomic E-state index is 0.153. The molecule has 1 fully saturated rings. The largest absolute Gasteiger partial charge is 0.370 e. The van der Waals surface area contributed by atoms with Gasteiger partial charge in [-0.15, -0.1) is 11.3 Å². The maximum Gasteiger partial charge on any atom is 0.227 e. The van der Waals surface area contributed by atoms with Gasteiger partial charge in [-0.25, -0.2) is 0 Å². The number of fused-ring (bicyclic) bond motifs is 2. The van der Waals surface area contributed by atoms with Crippen molar-refractivity contribution in [1.29, 1.82) is 0 Å². The average Bonchev–Trinajstić information content (AvgIpc) is 3.19. The van der Waals surface area contributed by atoms with Crippen molar-refractivity contribution in [2.75, 3.05) is 19.7 Å². The van der Waals surface area contributed by atoms with Crippen molar-refractivity contribution in [3.05, 3.63) is 38.9 Å². The van der Waals surface area contributed by atoms with Gasteiger partial charge >= 0.3 is 0 Å². The molecule has 2 aromatic rings. The van der Waals surface area contributed by atoms with Crippen LogP contribution in [-0.2, 0) is 28.0 Å². The van der Waals surface area contributed by atoms with E-state index in [1.807, 2.05) is 30.1 Å². The number of amides is 1. The number of piperidine rings is 1. The number of ether oxygens (including phenoxy) is 1. The maximum absolute atomic E-state index is 12.7. The lowest BCUT2D eigenvalue weighted by Crippen LogP contribution is -2.48. The first-order valence-corrected chi connectivity index (χ1v) is 9.37. The number of thiophene rings is 1. The first kappa shape index (κ1) is 15.8. The molecule has 128 valence electrons. The smallest absolute Gasteiger partial charge is 0.227 e. The van der Waals surface area contributed by atoms with E-state index in [0.29, 0.717) is 6.42 Å². The third-order valence-electron chi connectivity index (χ3n) is 5.38. The second kappa shape index (κ2) is 6.01. The van der Waals surface area contributed by atoms with E-state index in [9.17, 15) is 4.79 Å². The average molecular weight is 346 g/mol. The van der Waals surface area contributed by atoms with Crippen LogP contribution in [0.25, 0.3) is 0 Å². The summed E-state index contributed by atoms with van der Waals surface area (Å²) in [6.45, 7) is 6.04. The van der Waals surface area contributed by atoms with E-state index in [2.05, 4.69) is 16.6 Å². The summed E-state index contributed by atoms with van der Waals surface area (Å²) >= 11 is 1.83. The van der Waals surface area contributed by atoms with Gasteiger partial charge < -0.3 is 14.2 Å². The van der Waals surface area contributed by atoms with E-state index in [1.54, 1.807) is 0 Å². The fraction of sp³-hybridized carbons (Fsp3) is 0.556. The molecule has 6 heteroatoms. The number of aromatic nitrogens is 1. The van der Waals surface area contributed by atoms with Crippen LogP contribution in [0.3, 0.4) is 0 Å². The number of hydrogen-bond donors (Lipinski definition) is 0. The molecule has 0 radical (unpaired) electrons. The molecule has 1 amide bonds. The molecule has 0 unspecified atom stereocenters. The molecule has 2 aromatic heterocycles. The second-order valence-corrected chi connectivity index (χ2v) is 7.71. The van der Waals surface area contributed by atoms with Gasteiger partial charge in [0.2, 0.25) is 5.91 Å². The summed E-state index contributed by atoms with van der Waals surface area (Å²) < 4.78 is 11.4. The van der Waals surface area contributed by atoms with Gasteiger partial charge in [0.05, 0.1) is 24.3 Å². The van der Waals surface area contributed by atoms with Gasteiger partial charge in [0.15, 0.2) is 0 Å². The first-order chi connectivity index (χ1) is 11.6. The summed E-state index contributed by atoms with van der Waals surface area (Å²) in [5, 5.41) is 6.10. The van der Waals surface area contributed by atoms with E-state index < -0.39 is 0 Å². The zero-order chi connectivity index (χ0) is 16.7. The molecule has 0 saturated carbocycles. The van der Waals surface area contributed by atoms with Crippen molar-refractivity contribution >= 4 is 17.2 Å². The summed E-state index contributed by atoms with van der Waals surface area (Å²) in [6.07, 6.45) is 3.15. The van der Waals surface area contributed by atoms with Crippen molar-refractivity contribution in [3.63, 3.8) is 0 Å². The van der Waals surface area contributed by atoms with Gasteiger partial charge in [-0.05, 0) is 43.7 Å². The number of carbonyl (C=O) groups is 1. The highest BCUT2D eigenvalue weighted by Gasteiger charge is 2.42. The number of hydrogen-bond acceptors (Lipinski definition) is 5. The molecule has 0 atom stereocenters. The molecular weight excluding hydrogens is 324 g/mol. The van der Waals surface area contributed by atoms with Crippen molar-refractivity contribution in [3.8, 4) is 0 Å². The molecule has 1 saturated heterocycles. The van der Waals surface area contributed by atoms with Crippen molar-refractivity contribution in [2.24, 2.45) is 0 Å². The zero-order valence-electron chi connectivity index (χ0n) is 14.1. The van der Waals surface area contributed by atoms with Crippen LogP contribution in [0.1, 0.15) is 40.3 Å². The Balaban J connectivity index is 1.45. The Morgan fingerprint density at radius 1 is 1.38 bits per heavy atom. The fourth-order valence-electron chi connectivity index (χ4n) is 3.91. The molecule has 4 rings (SSSR count). The molecule has 0 bridgehead atoms. The van der Waals surface area contributed by atoms with Gasteiger partial charge in [-0.2, -0.15) is 0 Å². The van der Waals surface area contributed by atoms with Crippen LogP contribution in [0.5, 0.6) is 0 Å². The van der Waals surface area contributed by atoms with Gasteiger partial charge in [-0.1, -0.05) is 5.16 Å². The minimum Gasteiger partial charge on any atom is -0.370 e. The van der Waals surface area contributed by atoms with Crippen LogP contribution in [-0.4, -0.2) is 35.7 Å². The highest BCUT2D eigenvalue weighted by molar-refractivity contribution is 7.10. The first-order valence-electron chi connectivity index (χ1n) is 8.49. The molecule has 0 N–H and O–H groups in total. The second-order valence-electron chi connectivity index (χ2n) is 6.71. The van der Waals surface area contributed by atoms with Gasteiger partial charge in [0.1, 0.15) is 5.76 Å². The van der Waals surface area contributed by atoms with Crippen LogP contribution in [0.15, 0.2) is 16.0 Å². The Morgan fingerprint density at radius 2 is 2.17 bits per heavy atom. The fourth-order valence-corrected chi connectivity index (χ4v) is 4.86. The lowest BCUT2D eigenvalue weighted by atomic mass is 9.82. The van der Waals surface area contributed by atoms with Crippen molar-refractivity contribution in [1.82, 2.24) is 10.1 Å². The van der Waals surface area contributed by atoms with E-state index in [-0.39, 0.29) is 11.5 Å². The number of rotatable bonds is 2. The van der Waals surface area contributed by atoms with Gasteiger partial charge in [-0.3, -0.25) is 4.79 Å². The Labute approximate surface area is 145 Å². The predicted molar refractivity (Wildman–Crippen MR) is 91.1 cm³/mol. The highest BCUT2D eigenvalue weighted by Crippen LogP contribution is 2.43. The quantitative estimate of drug-likeness (QED) is 0.839. The lowest BCUT2D eigenvalue weighted by molar-refractivity contribution is -0.140. The molecule has 5 nitrogen and oxygen atoms in total. The molecule has 0 aliphatic carbocycles. The third kappa shape index (κ3) is 2.58. The van der Waals surface area contributed by atoms with E-state index >= 15 is 0 Å². The number of aryl methyl sites for hydroxylation is 2. The standard InChI is InChI=1S/C18H22N2O3S/c1-12-14(13(2)23-19-12)11-17(21)20-7-5-18(6-8-20)15-4-10-24-16(15)3-9-22-18/h4,10H,3,5-9,11H2,1-2H3. The van der Waals surface area contributed by atoms with Crippen LogP contribution in [0.2, 0.25) is 0 Å². The topological polar surface area (TPSA) is 55.6 Å². The number of nitrogens with zero attached hydrogens (tertiary/aromatic N) is 2. The maximum atomic E-state index is 12.7. The highest BCUT2D eigenvalue weighted by atomic mass is 32.1. The molecule has 2 aliphatic heterocycles. The summed E-state index contributed by atoms with van der Waals surface area (Å²) in [6, 6.07) is 2.21. The molecule has 4 heterocycles. The molecular formula is C18H22N2O3S.